The minimum absolute atomic E-state index is 0.0183. The molecule has 0 spiro atoms. The minimum Gasteiger partial charge on any atom is -0.328 e. The fourth-order valence-electron chi connectivity index (χ4n) is 1.93. The number of hydrogen-bond acceptors (Lipinski definition) is 3. The average Bonchev–Trinajstić information content (AvgIpc) is 2.37. The summed E-state index contributed by atoms with van der Waals surface area (Å²) < 4.78 is 27.1. The molecule has 0 heterocycles. The van der Waals surface area contributed by atoms with Gasteiger partial charge in [0, 0.05) is 18.0 Å². The van der Waals surface area contributed by atoms with E-state index >= 15 is 0 Å². The van der Waals surface area contributed by atoms with Crippen LogP contribution in [0.4, 0.5) is 0 Å². The van der Waals surface area contributed by atoms with Gasteiger partial charge in [0.25, 0.3) is 0 Å². The Morgan fingerprint density at radius 1 is 1.16 bits per heavy atom. The van der Waals surface area contributed by atoms with Crippen molar-refractivity contribution in [2.75, 3.05) is 6.54 Å². The van der Waals surface area contributed by atoms with E-state index in [9.17, 15) is 8.42 Å². The van der Waals surface area contributed by atoms with Crippen LogP contribution in [0, 0.1) is 0 Å². The van der Waals surface area contributed by atoms with Gasteiger partial charge < -0.3 is 5.73 Å². The maximum Gasteiger partial charge on any atom is 0.241 e. The van der Waals surface area contributed by atoms with E-state index in [1.165, 1.54) is 0 Å². The maximum atomic E-state index is 12.3. The molecule has 0 radical (unpaired) electrons. The highest BCUT2D eigenvalue weighted by atomic mass is 32.2. The van der Waals surface area contributed by atoms with Gasteiger partial charge in [0.1, 0.15) is 0 Å². The van der Waals surface area contributed by atoms with E-state index < -0.39 is 10.0 Å². The van der Waals surface area contributed by atoms with Crippen molar-refractivity contribution in [1.82, 2.24) is 4.72 Å². The molecule has 0 fully saturated rings. The van der Waals surface area contributed by atoms with Crippen molar-refractivity contribution < 1.29 is 8.42 Å². The summed E-state index contributed by atoms with van der Waals surface area (Å²) in [4.78, 5) is 0.315. The van der Waals surface area contributed by atoms with Crippen LogP contribution < -0.4 is 10.5 Å². The molecular weight excluding hydrogens is 260 g/mol. The molecule has 0 saturated carbocycles. The second kappa shape index (κ2) is 5.69. The van der Waals surface area contributed by atoms with E-state index in [4.69, 9.17) is 5.73 Å². The van der Waals surface area contributed by atoms with Gasteiger partial charge in [-0.2, -0.15) is 0 Å². The summed E-state index contributed by atoms with van der Waals surface area (Å²) in [6, 6.07) is 12.7. The van der Waals surface area contributed by atoms with Crippen molar-refractivity contribution in [1.29, 1.82) is 0 Å². The molecule has 19 heavy (non-hydrogen) atoms. The van der Waals surface area contributed by atoms with Gasteiger partial charge >= 0.3 is 0 Å². The number of rotatable bonds is 5. The average molecular weight is 278 g/mol. The Balaban J connectivity index is 2.33. The number of nitrogens with one attached hydrogen (secondary N) is 1. The third-order valence-corrected chi connectivity index (χ3v) is 4.45. The van der Waals surface area contributed by atoms with Crippen LogP contribution in [0.2, 0.25) is 0 Å². The lowest BCUT2D eigenvalue weighted by molar-refractivity contribution is 0.572. The topological polar surface area (TPSA) is 72.2 Å². The summed E-state index contributed by atoms with van der Waals surface area (Å²) in [5.41, 5.74) is 5.62. The van der Waals surface area contributed by atoms with Gasteiger partial charge in [-0.15, -0.1) is 0 Å². The lowest BCUT2D eigenvalue weighted by atomic mass is 10.1. The molecule has 3 N–H and O–H groups in total. The first kappa shape index (κ1) is 14.0. The highest BCUT2D eigenvalue weighted by molar-refractivity contribution is 7.89. The normalized spacial score (nSPS) is 13.6. The Morgan fingerprint density at radius 2 is 1.84 bits per heavy atom. The van der Waals surface area contributed by atoms with E-state index in [1.807, 2.05) is 37.3 Å². The molecule has 0 bridgehead atoms. The van der Waals surface area contributed by atoms with E-state index in [2.05, 4.69) is 4.72 Å². The van der Waals surface area contributed by atoms with Crippen LogP contribution in [-0.4, -0.2) is 21.0 Å². The van der Waals surface area contributed by atoms with Crippen molar-refractivity contribution in [3.63, 3.8) is 0 Å². The summed E-state index contributed by atoms with van der Waals surface area (Å²) in [5.74, 6) is 0. The van der Waals surface area contributed by atoms with Crippen LogP contribution in [0.25, 0.3) is 10.8 Å². The largest absolute Gasteiger partial charge is 0.328 e. The summed E-state index contributed by atoms with van der Waals surface area (Å²) in [7, 11) is -3.49. The minimum atomic E-state index is -3.49. The van der Waals surface area contributed by atoms with E-state index in [1.54, 1.807) is 12.1 Å². The van der Waals surface area contributed by atoms with Crippen LogP contribution in [-0.2, 0) is 10.0 Å². The second-order valence-corrected chi connectivity index (χ2v) is 6.38. The Labute approximate surface area is 113 Å². The first-order chi connectivity index (χ1) is 9.00. The number of hydrogen-bond donors (Lipinski definition) is 2. The number of benzene rings is 2. The molecule has 4 nitrogen and oxygen atoms in total. The van der Waals surface area contributed by atoms with E-state index in [-0.39, 0.29) is 6.04 Å². The van der Waals surface area contributed by atoms with Crippen LogP contribution >= 0.6 is 0 Å². The predicted octanol–water partition coefficient (Wildman–Crippen LogP) is 1.86. The molecule has 1 atom stereocenters. The SMILES string of the molecule is C[C@H](N)CCNS(=O)(=O)c1cccc2ccccc12. The zero-order valence-corrected chi connectivity index (χ0v) is 11.7. The van der Waals surface area contributed by atoms with Crippen molar-refractivity contribution in [3.05, 3.63) is 42.5 Å². The molecule has 0 unspecified atom stereocenters. The fourth-order valence-corrected chi connectivity index (χ4v) is 3.20. The van der Waals surface area contributed by atoms with Gasteiger partial charge in [-0.3, -0.25) is 0 Å². The molecule has 102 valence electrons. The molecule has 0 aliphatic heterocycles. The smallest absolute Gasteiger partial charge is 0.241 e. The molecule has 2 aromatic rings. The van der Waals surface area contributed by atoms with E-state index in [0.717, 1.165) is 10.8 Å². The molecule has 0 saturated heterocycles. The van der Waals surface area contributed by atoms with Crippen molar-refractivity contribution in [2.24, 2.45) is 5.73 Å². The molecule has 0 aliphatic carbocycles. The van der Waals surface area contributed by atoms with Gasteiger partial charge in [-0.05, 0) is 24.8 Å². The zero-order chi connectivity index (χ0) is 13.9. The summed E-state index contributed by atoms with van der Waals surface area (Å²) in [5, 5.41) is 1.65. The van der Waals surface area contributed by atoms with Crippen LogP contribution in [0.1, 0.15) is 13.3 Å². The quantitative estimate of drug-likeness (QED) is 0.876. The molecule has 5 heteroatoms. The van der Waals surface area contributed by atoms with Crippen LogP contribution in [0.15, 0.2) is 47.4 Å². The lowest BCUT2D eigenvalue weighted by Gasteiger charge is -2.10. The number of nitrogens with two attached hydrogens (primary N) is 1. The monoisotopic (exact) mass is 278 g/mol. The zero-order valence-electron chi connectivity index (χ0n) is 10.8. The van der Waals surface area contributed by atoms with Crippen LogP contribution in [0.5, 0.6) is 0 Å². The second-order valence-electron chi connectivity index (χ2n) is 4.64. The maximum absolute atomic E-state index is 12.3. The molecule has 2 aromatic carbocycles. The first-order valence-corrected chi connectivity index (χ1v) is 7.72. The molecule has 0 aromatic heterocycles. The van der Waals surface area contributed by atoms with Gasteiger partial charge in [-0.1, -0.05) is 36.4 Å². The van der Waals surface area contributed by atoms with Gasteiger partial charge in [0.2, 0.25) is 10.0 Å². The Morgan fingerprint density at radius 3 is 2.58 bits per heavy atom. The van der Waals surface area contributed by atoms with Crippen molar-refractivity contribution in [3.8, 4) is 0 Å². The lowest BCUT2D eigenvalue weighted by Crippen LogP contribution is -2.29. The van der Waals surface area contributed by atoms with Crippen LogP contribution in [0.3, 0.4) is 0 Å². The van der Waals surface area contributed by atoms with Gasteiger partial charge in [0.05, 0.1) is 4.90 Å². The molecule has 2 rings (SSSR count). The predicted molar refractivity (Wildman–Crippen MR) is 77.4 cm³/mol. The highest BCUT2D eigenvalue weighted by Crippen LogP contribution is 2.22. The summed E-state index contributed by atoms with van der Waals surface area (Å²) in [6.07, 6.45) is 0.615. The summed E-state index contributed by atoms with van der Waals surface area (Å²) in [6.45, 7) is 2.20. The Hall–Kier alpha value is -1.43. The molecular formula is C14H18N2O2S. The molecule has 0 aliphatic rings. The van der Waals surface area contributed by atoms with Crippen molar-refractivity contribution >= 4 is 20.8 Å². The third-order valence-electron chi connectivity index (χ3n) is 2.93. The highest BCUT2D eigenvalue weighted by Gasteiger charge is 2.16. The molecule has 0 amide bonds. The van der Waals surface area contributed by atoms with E-state index in [0.29, 0.717) is 17.9 Å². The Bertz CT molecular complexity index is 661. The number of fused-ring (bicyclic) bond motifs is 1. The third kappa shape index (κ3) is 3.32. The van der Waals surface area contributed by atoms with Gasteiger partial charge in [0.15, 0.2) is 0 Å². The summed E-state index contributed by atoms with van der Waals surface area (Å²) >= 11 is 0. The first-order valence-electron chi connectivity index (χ1n) is 6.24. The fraction of sp³-hybridized carbons (Fsp3) is 0.286. The Kier molecular flexibility index (Phi) is 4.19. The van der Waals surface area contributed by atoms with Gasteiger partial charge in [-0.25, -0.2) is 13.1 Å². The van der Waals surface area contributed by atoms with Crippen molar-refractivity contribution in [2.45, 2.75) is 24.3 Å². The standard InChI is InChI=1S/C14H18N2O2S/c1-11(15)9-10-16-19(17,18)14-8-4-6-12-5-2-3-7-13(12)14/h2-8,11,16H,9-10,15H2,1H3/t11-/m0/s1. The number of sulfonamides is 1.